The van der Waals surface area contributed by atoms with Gasteiger partial charge >= 0.3 is 5.97 Å². The van der Waals surface area contributed by atoms with Gasteiger partial charge < -0.3 is 9.52 Å². The normalized spacial score (nSPS) is 16.9. The van der Waals surface area contributed by atoms with Crippen molar-refractivity contribution in [2.45, 2.75) is 46.0 Å². The molecule has 1 aromatic rings. The molecule has 3 nitrogen and oxygen atoms in total. The minimum absolute atomic E-state index is 0.331. The lowest BCUT2D eigenvalue weighted by atomic mass is 9.90. The molecule has 0 spiro atoms. The topological polar surface area (TPSA) is 50.4 Å². The van der Waals surface area contributed by atoms with E-state index in [9.17, 15) is 4.79 Å². The SMILES string of the molecule is Cc1oc2c(c1CC(C)C(=O)O)CCCC2. The van der Waals surface area contributed by atoms with E-state index < -0.39 is 5.97 Å². The van der Waals surface area contributed by atoms with E-state index in [0.29, 0.717) is 6.42 Å². The Morgan fingerprint density at radius 2 is 2.12 bits per heavy atom. The quantitative estimate of drug-likeness (QED) is 0.855. The predicted molar refractivity (Wildman–Crippen MR) is 60.6 cm³/mol. The van der Waals surface area contributed by atoms with Crippen molar-refractivity contribution in [3.63, 3.8) is 0 Å². The van der Waals surface area contributed by atoms with Crippen LogP contribution in [-0.2, 0) is 24.1 Å². The molecule has 1 N–H and O–H groups in total. The number of furan rings is 1. The van der Waals surface area contributed by atoms with Crippen molar-refractivity contribution in [1.29, 1.82) is 0 Å². The van der Waals surface area contributed by atoms with Crippen molar-refractivity contribution in [2.24, 2.45) is 5.92 Å². The van der Waals surface area contributed by atoms with Gasteiger partial charge in [-0.15, -0.1) is 0 Å². The Hall–Kier alpha value is -1.25. The van der Waals surface area contributed by atoms with Crippen molar-refractivity contribution in [3.05, 3.63) is 22.6 Å². The molecular weight excluding hydrogens is 204 g/mol. The van der Waals surface area contributed by atoms with Crippen LogP contribution < -0.4 is 0 Å². The molecule has 1 heterocycles. The smallest absolute Gasteiger partial charge is 0.306 e. The molecule has 0 saturated heterocycles. The summed E-state index contributed by atoms with van der Waals surface area (Å²) in [5, 5.41) is 8.95. The van der Waals surface area contributed by atoms with Crippen LogP contribution in [0.2, 0.25) is 0 Å². The highest BCUT2D eigenvalue weighted by molar-refractivity contribution is 5.70. The summed E-state index contributed by atoms with van der Waals surface area (Å²) >= 11 is 0. The maximum atomic E-state index is 10.9. The van der Waals surface area contributed by atoms with E-state index in [1.807, 2.05) is 6.92 Å². The fourth-order valence-corrected chi connectivity index (χ4v) is 2.43. The summed E-state index contributed by atoms with van der Waals surface area (Å²) in [5.74, 6) is 0.948. The summed E-state index contributed by atoms with van der Waals surface area (Å²) in [4.78, 5) is 10.9. The minimum Gasteiger partial charge on any atom is -0.481 e. The highest BCUT2D eigenvalue weighted by Crippen LogP contribution is 2.31. The maximum absolute atomic E-state index is 10.9. The first-order valence-corrected chi connectivity index (χ1v) is 5.92. The lowest BCUT2D eigenvalue weighted by molar-refractivity contribution is -0.141. The molecule has 1 atom stereocenters. The highest BCUT2D eigenvalue weighted by Gasteiger charge is 2.23. The van der Waals surface area contributed by atoms with E-state index in [4.69, 9.17) is 9.52 Å². The van der Waals surface area contributed by atoms with E-state index in [-0.39, 0.29) is 5.92 Å². The van der Waals surface area contributed by atoms with Gasteiger partial charge in [0.15, 0.2) is 0 Å². The molecular formula is C13H18O3. The zero-order valence-electron chi connectivity index (χ0n) is 9.88. The summed E-state index contributed by atoms with van der Waals surface area (Å²) in [7, 11) is 0. The molecule has 3 heteroatoms. The van der Waals surface area contributed by atoms with Crippen LogP contribution in [0.25, 0.3) is 0 Å². The molecule has 88 valence electrons. The molecule has 0 amide bonds. The fraction of sp³-hybridized carbons (Fsp3) is 0.615. The lowest BCUT2D eigenvalue weighted by Gasteiger charge is -2.12. The molecule has 1 unspecified atom stereocenters. The average Bonchev–Trinajstić information content (AvgIpc) is 2.55. The van der Waals surface area contributed by atoms with Crippen LogP contribution in [0.5, 0.6) is 0 Å². The van der Waals surface area contributed by atoms with Crippen LogP contribution in [-0.4, -0.2) is 11.1 Å². The number of carboxylic acid groups (broad SMARTS) is 1. The summed E-state index contributed by atoms with van der Waals surface area (Å²) in [5.41, 5.74) is 2.43. The second-order valence-electron chi connectivity index (χ2n) is 4.69. The van der Waals surface area contributed by atoms with Gasteiger partial charge in [-0.1, -0.05) is 6.92 Å². The van der Waals surface area contributed by atoms with Gasteiger partial charge in [-0.3, -0.25) is 4.79 Å². The van der Waals surface area contributed by atoms with Crippen LogP contribution in [0.15, 0.2) is 4.42 Å². The Morgan fingerprint density at radius 3 is 2.81 bits per heavy atom. The maximum Gasteiger partial charge on any atom is 0.306 e. The summed E-state index contributed by atoms with van der Waals surface area (Å²) < 4.78 is 5.72. The number of hydrogen-bond acceptors (Lipinski definition) is 2. The molecule has 2 rings (SSSR count). The van der Waals surface area contributed by atoms with Gasteiger partial charge in [-0.2, -0.15) is 0 Å². The van der Waals surface area contributed by atoms with Gasteiger partial charge in [0, 0.05) is 6.42 Å². The van der Waals surface area contributed by atoms with Crippen molar-refractivity contribution in [1.82, 2.24) is 0 Å². The predicted octanol–water partition coefficient (Wildman–Crippen LogP) is 2.73. The zero-order valence-corrected chi connectivity index (χ0v) is 9.88. The third-order valence-corrected chi connectivity index (χ3v) is 3.41. The van der Waals surface area contributed by atoms with Crippen LogP contribution in [0.3, 0.4) is 0 Å². The monoisotopic (exact) mass is 222 g/mol. The number of aliphatic carboxylic acids is 1. The average molecular weight is 222 g/mol. The Labute approximate surface area is 95.5 Å². The van der Waals surface area contributed by atoms with Crippen LogP contribution in [0.4, 0.5) is 0 Å². The number of carboxylic acids is 1. The minimum atomic E-state index is -0.731. The zero-order chi connectivity index (χ0) is 11.7. The van der Waals surface area contributed by atoms with Crippen molar-refractivity contribution >= 4 is 5.97 Å². The van der Waals surface area contributed by atoms with Gasteiger partial charge in [0.2, 0.25) is 0 Å². The lowest BCUT2D eigenvalue weighted by Crippen LogP contribution is -2.14. The number of rotatable bonds is 3. The Kier molecular flexibility index (Phi) is 3.03. The number of hydrogen-bond donors (Lipinski definition) is 1. The molecule has 0 radical (unpaired) electrons. The van der Waals surface area contributed by atoms with Crippen molar-refractivity contribution < 1.29 is 14.3 Å². The van der Waals surface area contributed by atoms with Gasteiger partial charge in [-0.25, -0.2) is 0 Å². The Bertz CT molecular complexity index is 404. The van der Waals surface area contributed by atoms with E-state index in [2.05, 4.69) is 0 Å². The first kappa shape index (κ1) is 11.2. The van der Waals surface area contributed by atoms with Crippen LogP contribution >= 0.6 is 0 Å². The first-order valence-electron chi connectivity index (χ1n) is 5.92. The largest absolute Gasteiger partial charge is 0.481 e. The molecule has 0 bridgehead atoms. The van der Waals surface area contributed by atoms with E-state index >= 15 is 0 Å². The number of aryl methyl sites for hydroxylation is 2. The summed E-state index contributed by atoms with van der Waals surface area (Å²) in [6.07, 6.45) is 5.04. The van der Waals surface area contributed by atoms with E-state index in [1.54, 1.807) is 6.92 Å². The van der Waals surface area contributed by atoms with Crippen molar-refractivity contribution in [2.75, 3.05) is 0 Å². The molecule has 1 aliphatic carbocycles. The standard InChI is InChI=1S/C13H18O3/c1-8(13(14)15)7-11-9(2)16-12-6-4-3-5-10(11)12/h8H,3-7H2,1-2H3,(H,14,15). The third-order valence-electron chi connectivity index (χ3n) is 3.41. The van der Waals surface area contributed by atoms with Crippen LogP contribution in [0, 0.1) is 12.8 Å². The second kappa shape index (κ2) is 4.32. The molecule has 1 aromatic heterocycles. The molecule has 0 aromatic carbocycles. The fourth-order valence-electron chi connectivity index (χ4n) is 2.43. The first-order chi connectivity index (χ1) is 7.59. The third kappa shape index (κ3) is 1.99. The van der Waals surface area contributed by atoms with Gasteiger partial charge in [0.25, 0.3) is 0 Å². The van der Waals surface area contributed by atoms with Gasteiger partial charge in [-0.05, 0) is 43.7 Å². The number of carbonyl (C=O) groups is 1. The second-order valence-corrected chi connectivity index (χ2v) is 4.69. The van der Waals surface area contributed by atoms with Gasteiger partial charge in [0.05, 0.1) is 5.92 Å². The Morgan fingerprint density at radius 1 is 1.44 bits per heavy atom. The van der Waals surface area contributed by atoms with E-state index in [0.717, 1.165) is 29.9 Å². The Balaban J connectivity index is 2.26. The highest BCUT2D eigenvalue weighted by atomic mass is 16.4. The van der Waals surface area contributed by atoms with E-state index in [1.165, 1.54) is 18.4 Å². The van der Waals surface area contributed by atoms with Gasteiger partial charge in [0.1, 0.15) is 11.5 Å². The van der Waals surface area contributed by atoms with Crippen molar-refractivity contribution in [3.8, 4) is 0 Å². The molecule has 0 aliphatic heterocycles. The number of fused-ring (bicyclic) bond motifs is 1. The summed E-state index contributed by atoms with van der Waals surface area (Å²) in [6.45, 7) is 3.70. The molecule has 0 saturated carbocycles. The molecule has 1 aliphatic rings. The molecule has 0 fully saturated rings. The van der Waals surface area contributed by atoms with Crippen LogP contribution in [0.1, 0.15) is 42.4 Å². The summed E-state index contributed by atoms with van der Waals surface area (Å²) in [6, 6.07) is 0. The molecule has 16 heavy (non-hydrogen) atoms.